The molecule has 0 spiro atoms. The summed E-state index contributed by atoms with van der Waals surface area (Å²) in [5, 5.41) is 6.64. The number of aromatic nitrogens is 2. The summed E-state index contributed by atoms with van der Waals surface area (Å²) in [7, 11) is 0. The summed E-state index contributed by atoms with van der Waals surface area (Å²) in [6.45, 7) is 1.14. The summed E-state index contributed by atoms with van der Waals surface area (Å²) in [6.07, 6.45) is 1.72. The molecule has 0 bridgehead atoms. The molecule has 5 heteroatoms. The van der Waals surface area contributed by atoms with Gasteiger partial charge in [-0.2, -0.15) is 5.10 Å². The van der Waals surface area contributed by atoms with E-state index in [0.717, 1.165) is 11.3 Å². The summed E-state index contributed by atoms with van der Waals surface area (Å²) in [6, 6.07) is -0.380. The molecule has 1 aromatic rings. The molecule has 11 heavy (non-hydrogen) atoms. The molecule has 2 rings (SSSR count). The smallest absolute Gasteiger partial charge is 0.315 e. The normalized spacial score (nSPS) is 15.1. The van der Waals surface area contributed by atoms with Crippen LogP contribution in [0.3, 0.4) is 0 Å². The zero-order valence-electron chi connectivity index (χ0n) is 5.87. The van der Waals surface area contributed by atoms with E-state index in [1.165, 1.54) is 0 Å². The lowest BCUT2D eigenvalue weighted by molar-refractivity contribution is 0.208. The van der Waals surface area contributed by atoms with Gasteiger partial charge in [0.15, 0.2) is 0 Å². The third kappa shape index (κ3) is 0.849. The maximum Gasteiger partial charge on any atom is 0.315 e. The molecule has 1 aliphatic rings. The quantitative estimate of drug-likeness (QED) is 0.540. The number of carbonyl (C=O) groups excluding carboxylic acids is 1. The number of nitrogens with two attached hydrogens (primary N) is 1. The monoisotopic (exact) mass is 152 g/mol. The van der Waals surface area contributed by atoms with Crippen molar-refractivity contribution in [2.24, 2.45) is 5.73 Å². The zero-order chi connectivity index (χ0) is 7.84. The van der Waals surface area contributed by atoms with Gasteiger partial charge in [-0.3, -0.25) is 5.10 Å². The standard InChI is InChI=1S/C6H8N4O/c7-6(11)10-2-4-1-8-9-5(4)3-10/h1H,2-3H2,(H2,7,11)(H,8,9). The van der Waals surface area contributed by atoms with Crippen LogP contribution in [-0.4, -0.2) is 21.1 Å². The van der Waals surface area contributed by atoms with E-state index in [1.54, 1.807) is 11.1 Å². The van der Waals surface area contributed by atoms with Crippen LogP contribution >= 0.6 is 0 Å². The van der Waals surface area contributed by atoms with Gasteiger partial charge in [0.25, 0.3) is 0 Å². The zero-order valence-corrected chi connectivity index (χ0v) is 5.87. The molecule has 0 aliphatic carbocycles. The van der Waals surface area contributed by atoms with Gasteiger partial charge in [-0.25, -0.2) is 4.79 Å². The Kier molecular flexibility index (Phi) is 1.12. The van der Waals surface area contributed by atoms with Crippen molar-refractivity contribution in [3.8, 4) is 0 Å². The fourth-order valence-electron chi connectivity index (χ4n) is 1.22. The third-order valence-corrected chi connectivity index (χ3v) is 1.83. The van der Waals surface area contributed by atoms with Gasteiger partial charge in [0.05, 0.1) is 25.0 Å². The number of rotatable bonds is 0. The predicted molar refractivity (Wildman–Crippen MR) is 37.4 cm³/mol. The molecule has 0 fully saturated rings. The van der Waals surface area contributed by atoms with Crippen molar-refractivity contribution in [3.05, 3.63) is 17.5 Å². The molecular weight excluding hydrogens is 144 g/mol. The molecule has 2 amide bonds. The number of primary amides is 1. The molecule has 0 atom stereocenters. The van der Waals surface area contributed by atoms with Crippen LogP contribution in [0.2, 0.25) is 0 Å². The van der Waals surface area contributed by atoms with E-state index in [0.29, 0.717) is 13.1 Å². The van der Waals surface area contributed by atoms with Gasteiger partial charge in [0.1, 0.15) is 0 Å². The first kappa shape index (κ1) is 6.21. The van der Waals surface area contributed by atoms with Gasteiger partial charge >= 0.3 is 6.03 Å². The van der Waals surface area contributed by atoms with Gasteiger partial charge < -0.3 is 10.6 Å². The lowest BCUT2D eigenvalue weighted by atomic mass is 10.3. The highest BCUT2D eigenvalue weighted by molar-refractivity contribution is 5.72. The van der Waals surface area contributed by atoms with Gasteiger partial charge in [0, 0.05) is 5.56 Å². The van der Waals surface area contributed by atoms with Gasteiger partial charge in [-0.05, 0) is 0 Å². The summed E-state index contributed by atoms with van der Waals surface area (Å²) >= 11 is 0. The van der Waals surface area contributed by atoms with Crippen LogP contribution in [0.4, 0.5) is 4.79 Å². The number of nitrogens with one attached hydrogen (secondary N) is 1. The maximum atomic E-state index is 10.7. The van der Waals surface area contributed by atoms with E-state index < -0.39 is 0 Å². The first-order valence-electron chi connectivity index (χ1n) is 3.33. The van der Waals surface area contributed by atoms with E-state index >= 15 is 0 Å². The second-order valence-electron chi connectivity index (χ2n) is 2.57. The van der Waals surface area contributed by atoms with Crippen molar-refractivity contribution < 1.29 is 4.79 Å². The second-order valence-corrected chi connectivity index (χ2v) is 2.57. The van der Waals surface area contributed by atoms with Gasteiger partial charge in [0.2, 0.25) is 0 Å². The molecule has 1 aromatic heterocycles. The van der Waals surface area contributed by atoms with Crippen LogP contribution in [0.25, 0.3) is 0 Å². The van der Waals surface area contributed by atoms with Crippen LogP contribution in [-0.2, 0) is 13.1 Å². The third-order valence-electron chi connectivity index (χ3n) is 1.83. The maximum absolute atomic E-state index is 10.7. The van der Waals surface area contributed by atoms with Crippen molar-refractivity contribution in [2.75, 3.05) is 0 Å². The molecule has 3 N–H and O–H groups in total. The molecule has 0 saturated carbocycles. The number of hydrogen-bond donors (Lipinski definition) is 2. The molecule has 0 saturated heterocycles. The fraction of sp³-hybridized carbons (Fsp3) is 0.333. The second kappa shape index (κ2) is 1.98. The molecule has 0 unspecified atom stereocenters. The molecule has 5 nitrogen and oxygen atoms in total. The lowest BCUT2D eigenvalue weighted by Crippen LogP contribution is -2.30. The highest BCUT2D eigenvalue weighted by atomic mass is 16.2. The topological polar surface area (TPSA) is 75.0 Å². The number of fused-ring (bicyclic) bond motifs is 1. The Morgan fingerprint density at radius 3 is 3.18 bits per heavy atom. The molecule has 58 valence electrons. The van der Waals surface area contributed by atoms with Crippen LogP contribution in [0, 0.1) is 0 Å². The SMILES string of the molecule is NC(=O)N1Cc2cn[nH]c2C1. The van der Waals surface area contributed by atoms with Crippen LogP contribution < -0.4 is 5.73 Å². The molecule has 0 radical (unpaired) electrons. The average molecular weight is 152 g/mol. The van der Waals surface area contributed by atoms with E-state index in [1.807, 2.05) is 0 Å². The van der Waals surface area contributed by atoms with Crippen molar-refractivity contribution in [2.45, 2.75) is 13.1 Å². The van der Waals surface area contributed by atoms with Crippen LogP contribution in [0.5, 0.6) is 0 Å². The predicted octanol–water partition coefficient (Wildman–Crippen LogP) is -0.196. The van der Waals surface area contributed by atoms with Crippen LogP contribution in [0.15, 0.2) is 6.20 Å². The first-order chi connectivity index (χ1) is 5.27. The van der Waals surface area contributed by atoms with Gasteiger partial charge in [-0.1, -0.05) is 0 Å². The Bertz CT molecular complexity index is 272. The lowest BCUT2D eigenvalue weighted by Gasteiger charge is -2.10. The number of nitrogens with zero attached hydrogens (tertiary/aromatic N) is 2. The van der Waals surface area contributed by atoms with Crippen molar-refractivity contribution in [1.82, 2.24) is 15.1 Å². The first-order valence-corrected chi connectivity index (χ1v) is 3.33. The fourth-order valence-corrected chi connectivity index (χ4v) is 1.22. The minimum Gasteiger partial charge on any atom is -0.351 e. The summed E-state index contributed by atoms with van der Waals surface area (Å²) in [4.78, 5) is 12.2. The Morgan fingerprint density at radius 1 is 1.73 bits per heavy atom. The molecule has 0 aromatic carbocycles. The number of aromatic amines is 1. The molecule has 2 heterocycles. The Hall–Kier alpha value is -1.52. The van der Waals surface area contributed by atoms with Gasteiger partial charge in [-0.15, -0.1) is 0 Å². The minimum absolute atomic E-state index is 0.380. The summed E-state index contributed by atoms with van der Waals surface area (Å²) < 4.78 is 0. The summed E-state index contributed by atoms with van der Waals surface area (Å²) in [5.74, 6) is 0. The van der Waals surface area contributed by atoms with E-state index in [2.05, 4.69) is 10.2 Å². The van der Waals surface area contributed by atoms with Crippen molar-refractivity contribution >= 4 is 6.03 Å². The van der Waals surface area contributed by atoms with Crippen molar-refractivity contribution in [3.63, 3.8) is 0 Å². The average Bonchev–Trinajstić information content (AvgIpc) is 2.40. The highest BCUT2D eigenvalue weighted by Gasteiger charge is 2.22. The Labute approximate surface area is 63.2 Å². The van der Waals surface area contributed by atoms with E-state index in [-0.39, 0.29) is 6.03 Å². The number of hydrogen-bond acceptors (Lipinski definition) is 2. The summed E-state index contributed by atoms with van der Waals surface area (Å²) in [5.41, 5.74) is 7.14. The van der Waals surface area contributed by atoms with Crippen LogP contribution in [0.1, 0.15) is 11.3 Å². The molecular formula is C6H8N4O. The van der Waals surface area contributed by atoms with Crippen molar-refractivity contribution in [1.29, 1.82) is 0 Å². The Balaban J connectivity index is 2.22. The number of H-pyrrole nitrogens is 1. The van der Waals surface area contributed by atoms with E-state index in [4.69, 9.17) is 5.73 Å². The minimum atomic E-state index is -0.380. The number of carbonyl (C=O) groups is 1. The highest BCUT2D eigenvalue weighted by Crippen LogP contribution is 2.18. The molecule has 1 aliphatic heterocycles. The van der Waals surface area contributed by atoms with E-state index in [9.17, 15) is 4.79 Å². The number of urea groups is 1. The largest absolute Gasteiger partial charge is 0.351 e. The number of amides is 2. The Morgan fingerprint density at radius 2 is 2.55 bits per heavy atom.